The van der Waals surface area contributed by atoms with Crippen LogP contribution < -0.4 is 9.62 Å². The number of hydrogen-bond acceptors (Lipinski definition) is 3. The summed E-state index contributed by atoms with van der Waals surface area (Å²) in [4.78, 5) is 13.2. The summed E-state index contributed by atoms with van der Waals surface area (Å²) in [6.07, 6.45) is 0. The predicted octanol–water partition coefficient (Wildman–Crippen LogP) is 4.93. The highest BCUT2D eigenvalue weighted by Crippen LogP contribution is 2.27. The van der Waals surface area contributed by atoms with E-state index in [0.29, 0.717) is 11.3 Å². The van der Waals surface area contributed by atoms with Crippen LogP contribution in [0, 0.1) is 20.8 Å². The SMILES string of the molecule is Cc1ccc(C)c([C@H](C)NC(=O)c2ccc(C)c(N(C)S(=O)(=O)c3ccccc3)c2)c1. The van der Waals surface area contributed by atoms with Crippen LogP contribution in [-0.4, -0.2) is 21.4 Å². The second-order valence-corrected chi connectivity index (χ2v) is 9.81. The normalized spacial score (nSPS) is 12.3. The van der Waals surface area contributed by atoms with Gasteiger partial charge in [0.15, 0.2) is 0 Å². The van der Waals surface area contributed by atoms with Gasteiger partial charge in [-0.2, -0.15) is 0 Å². The fourth-order valence-corrected chi connectivity index (χ4v) is 4.83. The van der Waals surface area contributed by atoms with Crippen molar-refractivity contribution in [3.8, 4) is 0 Å². The largest absolute Gasteiger partial charge is 0.346 e. The number of benzene rings is 3. The molecule has 162 valence electrons. The van der Waals surface area contributed by atoms with E-state index >= 15 is 0 Å². The van der Waals surface area contributed by atoms with Gasteiger partial charge in [-0.15, -0.1) is 0 Å². The number of carbonyl (C=O) groups excluding carboxylic acids is 1. The second-order valence-electron chi connectivity index (χ2n) is 7.84. The molecule has 0 aliphatic heterocycles. The highest BCUT2D eigenvalue weighted by molar-refractivity contribution is 7.92. The van der Waals surface area contributed by atoms with Gasteiger partial charge in [0, 0.05) is 12.6 Å². The zero-order chi connectivity index (χ0) is 22.8. The quantitative estimate of drug-likeness (QED) is 0.596. The molecule has 3 rings (SSSR count). The first kappa shape index (κ1) is 22.6. The Kier molecular flexibility index (Phi) is 6.51. The number of nitrogens with one attached hydrogen (secondary N) is 1. The molecular weight excluding hydrogens is 408 g/mol. The van der Waals surface area contributed by atoms with Crippen molar-refractivity contribution in [3.05, 3.63) is 94.5 Å². The van der Waals surface area contributed by atoms with E-state index in [2.05, 4.69) is 11.4 Å². The van der Waals surface area contributed by atoms with E-state index in [0.717, 1.165) is 22.3 Å². The average Bonchev–Trinajstić information content (AvgIpc) is 2.75. The van der Waals surface area contributed by atoms with Crippen molar-refractivity contribution in [1.29, 1.82) is 0 Å². The fourth-order valence-electron chi connectivity index (χ4n) is 3.55. The summed E-state index contributed by atoms with van der Waals surface area (Å²) in [5.74, 6) is -0.250. The number of anilines is 1. The molecule has 5 nitrogen and oxygen atoms in total. The number of nitrogens with zero attached hydrogens (tertiary/aromatic N) is 1. The molecule has 0 heterocycles. The molecular formula is C25H28N2O3S. The van der Waals surface area contributed by atoms with Crippen LogP contribution >= 0.6 is 0 Å². The lowest BCUT2D eigenvalue weighted by atomic mass is 9.99. The van der Waals surface area contributed by atoms with Gasteiger partial charge < -0.3 is 5.32 Å². The monoisotopic (exact) mass is 436 g/mol. The number of amides is 1. The van der Waals surface area contributed by atoms with Crippen LogP contribution in [0.4, 0.5) is 5.69 Å². The lowest BCUT2D eigenvalue weighted by molar-refractivity contribution is 0.0940. The Hall–Kier alpha value is -3.12. The summed E-state index contributed by atoms with van der Waals surface area (Å²) >= 11 is 0. The zero-order valence-corrected chi connectivity index (χ0v) is 19.3. The van der Waals surface area contributed by atoms with E-state index in [1.54, 1.807) is 48.5 Å². The molecule has 0 bridgehead atoms. The van der Waals surface area contributed by atoms with E-state index in [1.807, 2.05) is 39.8 Å². The van der Waals surface area contributed by atoms with Gasteiger partial charge in [-0.3, -0.25) is 9.10 Å². The molecule has 0 saturated carbocycles. The van der Waals surface area contributed by atoms with E-state index < -0.39 is 10.0 Å². The van der Waals surface area contributed by atoms with Gasteiger partial charge in [0.2, 0.25) is 0 Å². The summed E-state index contributed by atoms with van der Waals surface area (Å²) in [5.41, 5.74) is 4.94. The molecule has 0 radical (unpaired) electrons. The summed E-state index contributed by atoms with van der Waals surface area (Å²) in [6.45, 7) is 7.81. The number of sulfonamides is 1. The maximum Gasteiger partial charge on any atom is 0.264 e. The first-order valence-electron chi connectivity index (χ1n) is 10.1. The van der Waals surface area contributed by atoms with Crippen LogP contribution in [0.3, 0.4) is 0 Å². The maximum atomic E-state index is 13.0. The maximum absolute atomic E-state index is 13.0. The van der Waals surface area contributed by atoms with E-state index in [-0.39, 0.29) is 16.8 Å². The zero-order valence-electron chi connectivity index (χ0n) is 18.5. The average molecular weight is 437 g/mol. The van der Waals surface area contributed by atoms with Gasteiger partial charge in [-0.25, -0.2) is 8.42 Å². The standard InChI is InChI=1S/C25H28N2O3S/c1-17-11-12-18(2)23(15-17)20(4)26-25(28)21-14-13-19(3)24(16-21)27(5)31(29,30)22-9-7-6-8-10-22/h6-16,20H,1-5H3,(H,26,28)/t20-/m0/s1. The molecule has 1 N–H and O–H groups in total. The molecule has 0 aliphatic carbocycles. The molecule has 1 amide bonds. The van der Waals surface area contributed by atoms with Crippen LogP contribution in [-0.2, 0) is 10.0 Å². The van der Waals surface area contributed by atoms with Crippen molar-refractivity contribution in [2.24, 2.45) is 0 Å². The van der Waals surface area contributed by atoms with E-state index in [1.165, 1.54) is 11.4 Å². The van der Waals surface area contributed by atoms with Gasteiger partial charge in [-0.1, -0.05) is 48.0 Å². The lowest BCUT2D eigenvalue weighted by Gasteiger charge is -2.23. The van der Waals surface area contributed by atoms with Crippen molar-refractivity contribution in [3.63, 3.8) is 0 Å². The fraction of sp³-hybridized carbons (Fsp3) is 0.240. The minimum Gasteiger partial charge on any atom is -0.346 e. The molecule has 0 unspecified atom stereocenters. The highest BCUT2D eigenvalue weighted by atomic mass is 32.2. The van der Waals surface area contributed by atoms with Gasteiger partial charge in [0.25, 0.3) is 15.9 Å². The molecule has 3 aromatic rings. The Morgan fingerprint density at radius 1 is 0.903 bits per heavy atom. The predicted molar refractivity (Wildman–Crippen MR) is 125 cm³/mol. The van der Waals surface area contributed by atoms with Gasteiger partial charge in [0.1, 0.15) is 0 Å². The van der Waals surface area contributed by atoms with Crippen LogP contribution in [0.15, 0.2) is 71.6 Å². The summed E-state index contributed by atoms with van der Waals surface area (Å²) in [6, 6.07) is 19.3. The van der Waals surface area contributed by atoms with Crippen LogP contribution in [0.25, 0.3) is 0 Å². The third-order valence-corrected chi connectivity index (χ3v) is 7.25. The lowest BCUT2D eigenvalue weighted by Crippen LogP contribution is -2.29. The van der Waals surface area contributed by atoms with Crippen LogP contribution in [0.5, 0.6) is 0 Å². The Morgan fingerprint density at radius 2 is 1.55 bits per heavy atom. The summed E-state index contributed by atoms with van der Waals surface area (Å²) in [5, 5.41) is 3.03. The smallest absolute Gasteiger partial charge is 0.264 e. The number of hydrogen-bond donors (Lipinski definition) is 1. The van der Waals surface area contributed by atoms with Crippen molar-refractivity contribution >= 4 is 21.6 Å². The number of aryl methyl sites for hydroxylation is 3. The number of carbonyl (C=O) groups is 1. The summed E-state index contributed by atoms with van der Waals surface area (Å²) < 4.78 is 27.3. The number of rotatable bonds is 6. The summed E-state index contributed by atoms with van der Waals surface area (Å²) in [7, 11) is -2.23. The van der Waals surface area contributed by atoms with Gasteiger partial charge in [-0.05, 0) is 68.7 Å². The Morgan fingerprint density at radius 3 is 2.23 bits per heavy atom. The first-order chi connectivity index (χ1) is 14.6. The van der Waals surface area contributed by atoms with Crippen molar-refractivity contribution in [1.82, 2.24) is 5.32 Å². The molecule has 6 heteroatoms. The van der Waals surface area contributed by atoms with Crippen molar-refractivity contribution in [2.45, 2.75) is 38.6 Å². The Bertz CT molecular complexity index is 1200. The topological polar surface area (TPSA) is 66.5 Å². The van der Waals surface area contributed by atoms with Crippen molar-refractivity contribution in [2.75, 3.05) is 11.4 Å². The van der Waals surface area contributed by atoms with Gasteiger partial charge >= 0.3 is 0 Å². The first-order valence-corrected chi connectivity index (χ1v) is 11.6. The Balaban J connectivity index is 1.88. The van der Waals surface area contributed by atoms with Crippen LogP contribution in [0.2, 0.25) is 0 Å². The second kappa shape index (κ2) is 8.94. The van der Waals surface area contributed by atoms with E-state index in [4.69, 9.17) is 0 Å². The molecule has 31 heavy (non-hydrogen) atoms. The minimum atomic E-state index is -3.73. The molecule has 0 aromatic heterocycles. The molecule has 0 fully saturated rings. The molecule has 1 atom stereocenters. The third kappa shape index (κ3) is 4.80. The highest BCUT2D eigenvalue weighted by Gasteiger charge is 2.23. The molecule has 3 aromatic carbocycles. The van der Waals surface area contributed by atoms with Crippen molar-refractivity contribution < 1.29 is 13.2 Å². The molecule has 0 saturated heterocycles. The molecule has 0 aliphatic rings. The third-order valence-electron chi connectivity index (χ3n) is 5.46. The minimum absolute atomic E-state index is 0.178. The molecule has 0 spiro atoms. The van der Waals surface area contributed by atoms with Gasteiger partial charge in [0.05, 0.1) is 16.6 Å². The van der Waals surface area contributed by atoms with E-state index in [9.17, 15) is 13.2 Å². The Labute approximate surface area is 184 Å². The van der Waals surface area contributed by atoms with Crippen LogP contribution in [0.1, 0.15) is 45.6 Å².